The summed E-state index contributed by atoms with van der Waals surface area (Å²) in [4.78, 5) is 0. The first kappa shape index (κ1) is 10.4. The molecule has 0 aromatic heterocycles. The average molecular weight is 200 g/mol. The Morgan fingerprint density at radius 2 is 1.93 bits per heavy atom. The molecule has 1 heterocycles. The summed E-state index contributed by atoms with van der Waals surface area (Å²) in [5, 5.41) is 9.97. The third-order valence-corrected chi connectivity index (χ3v) is 3.60. The molecule has 0 radical (unpaired) electrons. The highest BCUT2D eigenvalue weighted by atomic mass is 16.7. The van der Waals surface area contributed by atoms with E-state index >= 15 is 0 Å². The lowest BCUT2D eigenvalue weighted by Gasteiger charge is -2.52. The zero-order chi connectivity index (χ0) is 10.4. The molecule has 1 N–H and O–H groups in total. The molecular formula is C11H20O3. The van der Waals surface area contributed by atoms with Crippen molar-refractivity contribution in [1.82, 2.24) is 0 Å². The molecule has 3 heteroatoms. The van der Waals surface area contributed by atoms with Crippen LogP contribution in [0.3, 0.4) is 0 Å². The van der Waals surface area contributed by atoms with E-state index in [1.54, 1.807) is 0 Å². The van der Waals surface area contributed by atoms with E-state index < -0.39 is 5.79 Å². The van der Waals surface area contributed by atoms with Gasteiger partial charge in [0.25, 0.3) is 0 Å². The van der Waals surface area contributed by atoms with Gasteiger partial charge in [0.1, 0.15) is 0 Å². The highest BCUT2D eigenvalue weighted by molar-refractivity contribution is 4.96. The molecule has 0 unspecified atom stereocenters. The fourth-order valence-corrected chi connectivity index (χ4v) is 2.46. The van der Waals surface area contributed by atoms with Gasteiger partial charge in [0.05, 0.1) is 18.8 Å². The van der Waals surface area contributed by atoms with E-state index in [0.29, 0.717) is 6.61 Å². The van der Waals surface area contributed by atoms with E-state index in [2.05, 4.69) is 6.92 Å². The van der Waals surface area contributed by atoms with Crippen LogP contribution >= 0.6 is 0 Å². The van der Waals surface area contributed by atoms with Gasteiger partial charge in [0.2, 0.25) is 0 Å². The summed E-state index contributed by atoms with van der Waals surface area (Å²) in [6.07, 6.45) is 2.84. The van der Waals surface area contributed by atoms with Crippen molar-refractivity contribution in [2.45, 2.75) is 58.0 Å². The first-order valence-electron chi connectivity index (χ1n) is 5.44. The summed E-state index contributed by atoms with van der Waals surface area (Å²) in [6.45, 7) is 6.55. The molecule has 1 aliphatic carbocycles. The SMILES string of the molecule is CC1(C)OC[C@@]2(C)[C@H](CCC[C@@H]2O)O1. The number of aliphatic hydroxyl groups is 1. The van der Waals surface area contributed by atoms with Crippen molar-refractivity contribution in [2.24, 2.45) is 5.41 Å². The Morgan fingerprint density at radius 3 is 2.64 bits per heavy atom. The van der Waals surface area contributed by atoms with Crippen molar-refractivity contribution in [2.75, 3.05) is 6.61 Å². The second-order valence-electron chi connectivity index (χ2n) is 5.25. The van der Waals surface area contributed by atoms with Crippen LogP contribution in [0.25, 0.3) is 0 Å². The van der Waals surface area contributed by atoms with Crippen molar-refractivity contribution in [3.8, 4) is 0 Å². The summed E-state index contributed by atoms with van der Waals surface area (Å²) in [5.74, 6) is -0.485. The number of ether oxygens (including phenoxy) is 2. The Labute approximate surface area is 85.4 Å². The minimum Gasteiger partial charge on any atom is -0.392 e. The number of hydrogen-bond donors (Lipinski definition) is 1. The van der Waals surface area contributed by atoms with Gasteiger partial charge in [-0.15, -0.1) is 0 Å². The molecule has 1 saturated heterocycles. The van der Waals surface area contributed by atoms with Gasteiger partial charge in [-0.1, -0.05) is 6.92 Å². The van der Waals surface area contributed by atoms with Crippen molar-refractivity contribution in [3.05, 3.63) is 0 Å². The Kier molecular flexibility index (Phi) is 2.37. The molecule has 0 amide bonds. The van der Waals surface area contributed by atoms with E-state index in [9.17, 15) is 5.11 Å². The largest absolute Gasteiger partial charge is 0.392 e. The predicted molar refractivity (Wildman–Crippen MR) is 52.9 cm³/mol. The first-order valence-corrected chi connectivity index (χ1v) is 5.44. The lowest BCUT2D eigenvalue weighted by atomic mass is 9.71. The monoisotopic (exact) mass is 200 g/mol. The third kappa shape index (κ3) is 1.58. The number of fused-ring (bicyclic) bond motifs is 1. The second kappa shape index (κ2) is 3.19. The lowest BCUT2D eigenvalue weighted by Crippen LogP contribution is -2.58. The molecule has 3 atom stereocenters. The number of rotatable bonds is 0. The normalized spacial score (nSPS) is 47.1. The van der Waals surface area contributed by atoms with Gasteiger partial charge in [-0.05, 0) is 33.1 Å². The Hall–Kier alpha value is -0.120. The fraction of sp³-hybridized carbons (Fsp3) is 1.00. The summed E-state index contributed by atoms with van der Waals surface area (Å²) in [6, 6.07) is 0. The highest BCUT2D eigenvalue weighted by Gasteiger charge is 2.50. The van der Waals surface area contributed by atoms with Gasteiger partial charge in [-0.3, -0.25) is 0 Å². The molecule has 1 aliphatic heterocycles. The minimum atomic E-state index is -0.485. The van der Waals surface area contributed by atoms with Crippen molar-refractivity contribution >= 4 is 0 Å². The Balaban J connectivity index is 2.16. The van der Waals surface area contributed by atoms with Gasteiger partial charge in [-0.25, -0.2) is 0 Å². The molecule has 1 saturated carbocycles. The summed E-state index contributed by atoms with van der Waals surface area (Å²) >= 11 is 0. The van der Waals surface area contributed by atoms with Crippen molar-refractivity contribution in [1.29, 1.82) is 0 Å². The summed E-state index contributed by atoms with van der Waals surface area (Å²) in [5.41, 5.74) is -0.201. The van der Waals surface area contributed by atoms with Crippen LogP contribution in [-0.2, 0) is 9.47 Å². The maximum absolute atomic E-state index is 9.97. The average Bonchev–Trinajstić information content (AvgIpc) is 2.09. The van der Waals surface area contributed by atoms with Gasteiger partial charge in [0.15, 0.2) is 5.79 Å². The van der Waals surface area contributed by atoms with E-state index in [0.717, 1.165) is 19.3 Å². The quantitative estimate of drug-likeness (QED) is 0.646. The highest BCUT2D eigenvalue weighted by Crippen LogP contribution is 2.44. The van der Waals surface area contributed by atoms with Crippen molar-refractivity contribution in [3.63, 3.8) is 0 Å². The van der Waals surface area contributed by atoms with E-state index in [1.807, 2.05) is 13.8 Å². The van der Waals surface area contributed by atoms with Crippen LogP contribution in [0.5, 0.6) is 0 Å². The molecule has 0 aromatic carbocycles. The molecule has 0 spiro atoms. The van der Waals surface area contributed by atoms with Gasteiger partial charge < -0.3 is 14.6 Å². The van der Waals surface area contributed by atoms with Crippen LogP contribution in [0.15, 0.2) is 0 Å². The van der Waals surface area contributed by atoms with Crippen molar-refractivity contribution < 1.29 is 14.6 Å². The standard InChI is InChI=1S/C11H20O3/c1-10(2)13-7-11(3)8(12)5-4-6-9(11)14-10/h8-9,12H,4-7H2,1-3H3/t8-,9-,11+/m0/s1. The maximum Gasteiger partial charge on any atom is 0.163 e. The topological polar surface area (TPSA) is 38.7 Å². The second-order valence-corrected chi connectivity index (χ2v) is 5.25. The smallest absolute Gasteiger partial charge is 0.163 e. The molecule has 2 aliphatic rings. The molecule has 0 bridgehead atoms. The summed E-state index contributed by atoms with van der Waals surface area (Å²) < 4.78 is 11.5. The molecule has 3 nitrogen and oxygen atoms in total. The van der Waals surface area contributed by atoms with Crippen LogP contribution in [0.4, 0.5) is 0 Å². The number of aliphatic hydroxyl groups excluding tert-OH is 1. The maximum atomic E-state index is 9.97. The van der Waals surface area contributed by atoms with Crippen LogP contribution in [0.2, 0.25) is 0 Å². The molecule has 2 rings (SSSR count). The molecule has 14 heavy (non-hydrogen) atoms. The minimum absolute atomic E-state index is 0.148. The van der Waals surface area contributed by atoms with E-state index in [4.69, 9.17) is 9.47 Å². The summed E-state index contributed by atoms with van der Waals surface area (Å²) in [7, 11) is 0. The Morgan fingerprint density at radius 1 is 1.21 bits per heavy atom. The molecule has 0 aromatic rings. The van der Waals surface area contributed by atoms with Crippen LogP contribution in [0, 0.1) is 5.41 Å². The number of hydrogen-bond acceptors (Lipinski definition) is 3. The van der Waals surface area contributed by atoms with E-state index in [-0.39, 0.29) is 17.6 Å². The van der Waals surface area contributed by atoms with Gasteiger partial charge in [0, 0.05) is 5.41 Å². The van der Waals surface area contributed by atoms with Gasteiger partial charge in [-0.2, -0.15) is 0 Å². The molecule has 2 fully saturated rings. The van der Waals surface area contributed by atoms with Crippen LogP contribution < -0.4 is 0 Å². The molecule has 82 valence electrons. The Bertz CT molecular complexity index is 227. The van der Waals surface area contributed by atoms with Crippen LogP contribution in [-0.4, -0.2) is 29.7 Å². The zero-order valence-corrected chi connectivity index (χ0v) is 9.25. The van der Waals surface area contributed by atoms with Gasteiger partial charge >= 0.3 is 0 Å². The predicted octanol–water partition coefficient (Wildman–Crippen LogP) is 1.69. The van der Waals surface area contributed by atoms with Crippen LogP contribution in [0.1, 0.15) is 40.0 Å². The lowest BCUT2D eigenvalue weighted by molar-refractivity contribution is -0.335. The molecular weight excluding hydrogens is 180 g/mol. The zero-order valence-electron chi connectivity index (χ0n) is 9.25. The third-order valence-electron chi connectivity index (χ3n) is 3.60. The fourth-order valence-electron chi connectivity index (χ4n) is 2.46. The van der Waals surface area contributed by atoms with E-state index in [1.165, 1.54) is 0 Å². The first-order chi connectivity index (χ1) is 6.44.